The van der Waals surface area contributed by atoms with Crippen molar-refractivity contribution in [3.05, 3.63) is 29.6 Å². The van der Waals surface area contributed by atoms with Crippen molar-refractivity contribution in [3.8, 4) is 0 Å². The first-order valence-electron chi connectivity index (χ1n) is 7.19. The van der Waals surface area contributed by atoms with Crippen LogP contribution in [0.3, 0.4) is 0 Å². The van der Waals surface area contributed by atoms with Crippen molar-refractivity contribution < 1.29 is 4.79 Å². The Morgan fingerprint density at radius 3 is 2.52 bits per heavy atom. The first kappa shape index (κ1) is 21.4. The molecule has 23 heavy (non-hydrogen) atoms. The zero-order valence-corrected chi connectivity index (χ0v) is 16.8. The monoisotopic (exact) mass is 434 g/mol. The highest BCUT2D eigenvalue weighted by Gasteiger charge is 2.10. The third-order valence-electron chi connectivity index (χ3n) is 3.37. The van der Waals surface area contributed by atoms with E-state index in [-0.39, 0.29) is 36.4 Å². The number of guanidine groups is 1. The normalized spacial score (nSPS) is 10.7. The van der Waals surface area contributed by atoms with E-state index in [1.165, 1.54) is 4.90 Å². The highest BCUT2D eigenvalue weighted by Crippen LogP contribution is 2.12. The molecule has 1 rings (SSSR count). The van der Waals surface area contributed by atoms with Gasteiger partial charge in [0, 0.05) is 38.9 Å². The van der Waals surface area contributed by atoms with Gasteiger partial charge < -0.3 is 15.5 Å². The standard InChI is InChI=1S/C15H26N6O.HI/c1-7-8-16-15(18-10-14(22)20(4)5)17-9-13-11(2)19-21(6)12(13)3;/h7H,1,8-10H2,2-6H3,(H2,16,17,18);1H. The third-order valence-corrected chi connectivity index (χ3v) is 3.37. The second kappa shape index (κ2) is 10.2. The lowest BCUT2D eigenvalue weighted by Gasteiger charge is -2.14. The van der Waals surface area contributed by atoms with E-state index < -0.39 is 0 Å². The molecular formula is C15H27IN6O. The number of rotatable bonds is 6. The molecule has 0 spiro atoms. The summed E-state index contributed by atoms with van der Waals surface area (Å²) in [6, 6.07) is 0. The predicted molar refractivity (Wildman–Crippen MR) is 104 cm³/mol. The molecule has 0 aliphatic rings. The Balaban J connectivity index is 0.00000484. The maximum atomic E-state index is 11.7. The van der Waals surface area contributed by atoms with Crippen LogP contribution in [0.15, 0.2) is 17.6 Å². The number of aliphatic imine (C=N–C) groups is 1. The van der Waals surface area contributed by atoms with E-state index in [0.717, 1.165) is 17.0 Å². The van der Waals surface area contributed by atoms with Crippen LogP contribution in [0.1, 0.15) is 17.0 Å². The first-order chi connectivity index (χ1) is 10.4. The van der Waals surface area contributed by atoms with Crippen molar-refractivity contribution in [1.29, 1.82) is 0 Å². The Morgan fingerprint density at radius 2 is 2.04 bits per heavy atom. The molecule has 1 aromatic rings. The van der Waals surface area contributed by atoms with Crippen LogP contribution in [0.4, 0.5) is 0 Å². The van der Waals surface area contributed by atoms with Gasteiger partial charge in [0.25, 0.3) is 0 Å². The number of hydrogen-bond donors (Lipinski definition) is 2. The van der Waals surface area contributed by atoms with E-state index in [2.05, 4.69) is 27.3 Å². The summed E-state index contributed by atoms with van der Waals surface area (Å²) in [6.45, 7) is 8.94. The summed E-state index contributed by atoms with van der Waals surface area (Å²) in [4.78, 5) is 17.7. The number of hydrogen-bond acceptors (Lipinski definition) is 3. The molecule has 0 aromatic carbocycles. The van der Waals surface area contributed by atoms with Gasteiger partial charge in [0.2, 0.25) is 5.91 Å². The van der Waals surface area contributed by atoms with Crippen LogP contribution >= 0.6 is 24.0 Å². The molecule has 0 aliphatic heterocycles. The Morgan fingerprint density at radius 1 is 1.39 bits per heavy atom. The number of halogens is 1. The van der Waals surface area contributed by atoms with Crippen LogP contribution in [0, 0.1) is 13.8 Å². The quantitative estimate of drug-likeness (QED) is 0.303. The molecule has 0 fully saturated rings. The molecule has 0 aliphatic carbocycles. The summed E-state index contributed by atoms with van der Waals surface area (Å²) in [6.07, 6.45) is 1.74. The molecule has 0 unspecified atom stereocenters. The van der Waals surface area contributed by atoms with Crippen molar-refractivity contribution in [2.75, 3.05) is 27.2 Å². The van der Waals surface area contributed by atoms with Gasteiger partial charge in [-0.3, -0.25) is 9.48 Å². The van der Waals surface area contributed by atoms with Crippen molar-refractivity contribution in [2.24, 2.45) is 12.0 Å². The van der Waals surface area contributed by atoms with E-state index in [9.17, 15) is 4.79 Å². The summed E-state index contributed by atoms with van der Waals surface area (Å²) in [5.74, 6) is 0.569. The molecule has 2 N–H and O–H groups in total. The Bertz CT molecular complexity index is 565. The fourth-order valence-electron chi connectivity index (χ4n) is 1.87. The maximum absolute atomic E-state index is 11.7. The average Bonchev–Trinajstić information content (AvgIpc) is 2.71. The summed E-state index contributed by atoms with van der Waals surface area (Å²) in [5.41, 5.74) is 3.16. The first-order valence-corrected chi connectivity index (χ1v) is 7.19. The minimum Gasteiger partial charge on any atom is -0.353 e. The fourth-order valence-corrected chi connectivity index (χ4v) is 1.87. The Hall–Kier alpha value is -1.58. The highest BCUT2D eigenvalue weighted by atomic mass is 127. The highest BCUT2D eigenvalue weighted by molar-refractivity contribution is 14.0. The van der Waals surface area contributed by atoms with Crippen LogP contribution in [-0.4, -0.2) is 53.7 Å². The second-order valence-corrected chi connectivity index (χ2v) is 5.25. The molecule has 0 atom stereocenters. The minimum absolute atomic E-state index is 0. The Kier molecular flexibility index (Phi) is 9.54. The molecule has 0 saturated heterocycles. The average molecular weight is 434 g/mol. The van der Waals surface area contributed by atoms with E-state index in [4.69, 9.17) is 0 Å². The van der Waals surface area contributed by atoms with Crippen molar-refractivity contribution in [3.63, 3.8) is 0 Å². The molecule has 0 bridgehead atoms. The summed E-state index contributed by atoms with van der Waals surface area (Å²) in [7, 11) is 5.36. The lowest BCUT2D eigenvalue weighted by molar-refractivity contribution is -0.127. The molecule has 1 aromatic heterocycles. The van der Waals surface area contributed by atoms with Crippen LogP contribution in [0.2, 0.25) is 0 Å². The lowest BCUT2D eigenvalue weighted by atomic mass is 10.2. The summed E-state index contributed by atoms with van der Waals surface area (Å²) < 4.78 is 1.85. The minimum atomic E-state index is -0.0122. The van der Waals surface area contributed by atoms with E-state index in [1.807, 2.05) is 25.6 Å². The summed E-state index contributed by atoms with van der Waals surface area (Å²) >= 11 is 0. The van der Waals surface area contributed by atoms with E-state index in [0.29, 0.717) is 19.0 Å². The second-order valence-electron chi connectivity index (χ2n) is 5.25. The van der Waals surface area contributed by atoms with Gasteiger partial charge in [-0.1, -0.05) is 6.08 Å². The van der Waals surface area contributed by atoms with Gasteiger partial charge in [0.1, 0.15) is 0 Å². The van der Waals surface area contributed by atoms with Gasteiger partial charge in [-0.2, -0.15) is 5.10 Å². The van der Waals surface area contributed by atoms with Crippen molar-refractivity contribution in [2.45, 2.75) is 20.4 Å². The van der Waals surface area contributed by atoms with E-state index in [1.54, 1.807) is 20.2 Å². The lowest BCUT2D eigenvalue weighted by Crippen LogP contribution is -2.43. The van der Waals surface area contributed by atoms with Crippen LogP contribution in [0.25, 0.3) is 0 Å². The van der Waals surface area contributed by atoms with Crippen molar-refractivity contribution >= 4 is 35.8 Å². The maximum Gasteiger partial charge on any atom is 0.241 e. The van der Waals surface area contributed by atoms with Gasteiger partial charge in [0.15, 0.2) is 5.96 Å². The van der Waals surface area contributed by atoms with Gasteiger partial charge in [0.05, 0.1) is 18.8 Å². The molecule has 8 heteroatoms. The van der Waals surface area contributed by atoms with Crippen molar-refractivity contribution in [1.82, 2.24) is 25.3 Å². The number of carbonyl (C=O) groups excluding carboxylic acids is 1. The number of likely N-dealkylation sites (N-methyl/N-ethyl adjacent to an activating group) is 1. The molecule has 1 heterocycles. The Labute approximate surface area is 155 Å². The fraction of sp³-hybridized carbons (Fsp3) is 0.533. The van der Waals surface area contributed by atoms with Crippen LogP contribution < -0.4 is 10.6 Å². The third kappa shape index (κ3) is 6.59. The number of aryl methyl sites for hydroxylation is 2. The number of carbonyl (C=O) groups is 1. The number of amides is 1. The predicted octanol–water partition coefficient (Wildman–Crippen LogP) is 0.964. The SMILES string of the molecule is C=CCNC(=NCc1c(C)nn(C)c1C)NCC(=O)N(C)C.I. The molecule has 0 radical (unpaired) electrons. The van der Waals surface area contributed by atoms with Gasteiger partial charge in [-0.25, -0.2) is 4.99 Å². The number of nitrogens with one attached hydrogen (secondary N) is 2. The smallest absolute Gasteiger partial charge is 0.241 e. The molecule has 0 saturated carbocycles. The molecular weight excluding hydrogens is 407 g/mol. The summed E-state index contributed by atoms with van der Waals surface area (Å²) in [5, 5.41) is 10.5. The zero-order valence-electron chi connectivity index (χ0n) is 14.5. The topological polar surface area (TPSA) is 74.5 Å². The largest absolute Gasteiger partial charge is 0.353 e. The number of aromatic nitrogens is 2. The van der Waals surface area contributed by atoms with E-state index >= 15 is 0 Å². The number of nitrogens with zero attached hydrogens (tertiary/aromatic N) is 4. The van der Waals surface area contributed by atoms with Crippen LogP contribution in [0.5, 0.6) is 0 Å². The molecule has 1 amide bonds. The zero-order chi connectivity index (χ0) is 16.7. The van der Waals surface area contributed by atoms with Crippen LogP contribution in [-0.2, 0) is 18.4 Å². The van der Waals surface area contributed by atoms with Gasteiger partial charge in [-0.15, -0.1) is 30.6 Å². The van der Waals surface area contributed by atoms with Gasteiger partial charge >= 0.3 is 0 Å². The molecule has 130 valence electrons. The van der Waals surface area contributed by atoms with Gasteiger partial charge in [-0.05, 0) is 13.8 Å². The molecule has 7 nitrogen and oxygen atoms in total.